The van der Waals surface area contributed by atoms with Gasteiger partial charge in [0.25, 0.3) is 0 Å². The Bertz CT molecular complexity index is 438. The van der Waals surface area contributed by atoms with Crippen LogP contribution in [0.2, 0.25) is 0 Å². The average molecular weight is 238 g/mol. The minimum absolute atomic E-state index is 0.262. The molecule has 92 valence electrons. The number of carboxylic acid groups (broad SMARTS) is 1. The molecule has 1 aliphatic carbocycles. The van der Waals surface area contributed by atoms with Gasteiger partial charge in [-0.1, -0.05) is 12.5 Å². The predicted molar refractivity (Wildman–Crippen MR) is 60.6 cm³/mol. The molecule has 0 aliphatic heterocycles. The summed E-state index contributed by atoms with van der Waals surface area (Å²) in [5.74, 6) is -0.764. The van der Waals surface area contributed by atoms with E-state index in [-0.39, 0.29) is 6.42 Å². The average Bonchev–Trinajstić information content (AvgIpc) is 2.24. The maximum Gasteiger partial charge on any atom is 0.309 e. The molecule has 1 aromatic carbocycles. The molecule has 0 spiro atoms. The number of hydrogen-bond acceptors (Lipinski definition) is 2. The zero-order valence-corrected chi connectivity index (χ0v) is 9.70. The topological polar surface area (TPSA) is 46.5 Å². The minimum atomic E-state index is -0.820. The van der Waals surface area contributed by atoms with Gasteiger partial charge in [0, 0.05) is 6.07 Å². The van der Waals surface area contributed by atoms with Crippen molar-refractivity contribution >= 4 is 5.97 Å². The summed E-state index contributed by atoms with van der Waals surface area (Å²) in [7, 11) is 1.47. The molecule has 0 radical (unpaired) electrons. The molecule has 2 rings (SSSR count). The zero-order chi connectivity index (χ0) is 12.5. The van der Waals surface area contributed by atoms with E-state index < -0.39 is 17.2 Å². The third-order valence-electron chi connectivity index (χ3n) is 3.55. The number of methoxy groups -OCH3 is 1. The van der Waals surface area contributed by atoms with E-state index in [1.54, 1.807) is 12.1 Å². The normalized spacial score (nSPS) is 17.3. The quantitative estimate of drug-likeness (QED) is 0.877. The van der Waals surface area contributed by atoms with Crippen molar-refractivity contribution in [1.29, 1.82) is 0 Å². The fourth-order valence-electron chi connectivity index (χ4n) is 2.23. The van der Waals surface area contributed by atoms with Crippen LogP contribution >= 0.6 is 0 Å². The van der Waals surface area contributed by atoms with Crippen LogP contribution in [0.1, 0.15) is 24.8 Å². The number of hydrogen-bond donors (Lipinski definition) is 1. The lowest BCUT2D eigenvalue weighted by atomic mass is 9.65. The molecule has 4 heteroatoms. The van der Waals surface area contributed by atoms with Crippen molar-refractivity contribution in [3.8, 4) is 5.75 Å². The Balaban J connectivity index is 2.21. The third kappa shape index (κ3) is 2.12. The summed E-state index contributed by atoms with van der Waals surface area (Å²) in [5, 5.41) is 9.19. The van der Waals surface area contributed by atoms with Crippen molar-refractivity contribution in [2.45, 2.75) is 25.7 Å². The molecular formula is C13H15FO3. The molecule has 1 fully saturated rings. The van der Waals surface area contributed by atoms with Crippen LogP contribution in [0.5, 0.6) is 5.75 Å². The van der Waals surface area contributed by atoms with E-state index in [1.807, 2.05) is 0 Å². The second kappa shape index (κ2) is 4.35. The fraction of sp³-hybridized carbons (Fsp3) is 0.462. The van der Waals surface area contributed by atoms with Gasteiger partial charge in [-0.3, -0.25) is 4.79 Å². The Morgan fingerprint density at radius 2 is 2.24 bits per heavy atom. The number of halogens is 1. The van der Waals surface area contributed by atoms with Crippen molar-refractivity contribution < 1.29 is 19.0 Å². The second-order valence-corrected chi connectivity index (χ2v) is 4.57. The molecular weight excluding hydrogens is 223 g/mol. The lowest BCUT2D eigenvalue weighted by molar-refractivity contribution is -0.154. The van der Waals surface area contributed by atoms with E-state index in [0.29, 0.717) is 24.2 Å². The highest BCUT2D eigenvalue weighted by Gasteiger charge is 2.44. The van der Waals surface area contributed by atoms with Crippen LogP contribution in [0.4, 0.5) is 4.39 Å². The first-order valence-corrected chi connectivity index (χ1v) is 5.63. The number of benzene rings is 1. The molecule has 1 aliphatic rings. The van der Waals surface area contributed by atoms with Crippen molar-refractivity contribution in [2.75, 3.05) is 7.11 Å². The molecule has 0 aromatic heterocycles. The first-order valence-electron chi connectivity index (χ1n) is 5.63. The smallest absolute Gasteiger partial charge is 0.309 e. The number of aliphatic carboxylic acids is 1. The van der Waals surface area contributed by atoms with Crippen LogP contribution in [0.15, 0.2) is 18.2 Å². The largest absolute Gasteiger partial charge is 0.497 e. The summed E-state index contributed by atoms with van der Waals surface area (Å²) >= 11 is 0. The van der Waals surface area contributed by atoms with E-state index in [1.165, 1.54) is 13.2 Å². The number of carboxylic acids is 1. The van der Waals surface area contributed by atoms with Gasteiger partial charge in [0.1, 0.15) is 11.6 Å². The van der Waals surface area contributed by atoms with Crippen LogP contribution < -0.4 is 4.74 Å². The molecule has 1 aromatic rings. The summed E-state index contributed by atoms with van der Waals surface area (Å²) in [5.41, 5.74) is -0.303. The molecule has 0 heterocycles. The number of ether oxygens (including phenoxy) is 1. The van der Waals surface area contributed by atoms with Gasteiger partial charge >= 0.3 is 5.97 Å². The van der Waals surface area contributed by atoms with Crippen LogP contribution in [0.25, 0.3) is 0 Å². The summed E-state index contributed by atoms with van der Waals surface area (Å²) in [6.07, 6.45) is 2.43. The Labute approximate surface area is 99.2 Å². The Morgan fingerprint density at radius 1 is 1.53 bits per heavy atom. The van der Waals surface area contributed by atoms with E-state index in [2.05, 4.69) is 0 Å². The SMILES string of the molecule is COc1ccc(CC2(C(=O)O)CCC2)c(F)c1. The maximum absolute atomic E-state index is 13.7. The van der Waals surface area contributed by atoms with Gasteiger partial charge in [0.05, 0.1) is 12.5 Å². The summed E-state index contributed by atoms with van der Waals surface area (Å²) < 4.78 is 18.6. The van der Waals surface area contributed by atoms with Crippen molar-refractivity contribution in [3.63, 3.8) is 0 Å². The Kier molecular flexibility index (Phi) is 3.05. The zero-order valence-electron chi connectivity index (χ0n) is 9.70. The molecule has 0 saturated heterocycles. The van der Waals surface area contributed by atoms with Crippen LogP contribution in [0.3, 0.4) is 0 Å². The molecule has 17 heavy (non-hydrogen) atoms. The lowest BCUT2D eigenvalue weighted by Crippen LogP contribution is -2.40. The molecule has 0 atom stereocenters. The second-order valence-electron chi connectivity index (χ2n) is 4.57. The molecule has 1 saturated carbocycles. The van der Waals surface area contributed by atoms with Crippen molar-refractivity contribution in [2.24, 2.45) is 5.41 Å². The third-order valence-corrected chi connectivity index (χ3v) is 3.55. The van der Waals surface area contributed by atoms with Gasteiger partial charge in [0.15, 0.2) is 0 Å². The van der Waals surface area contributed by atoms with Crippen LogP contribution in [0, 0.1) is 11.2 Å². The molecule has 0 amide bonds. The highest BCUT2D eigenvalue weighted by molar-refractivity contribution is 5.76. The van der Waals surface area contributed by atoms with Gasteiger partial charge in [0.2, 0.25) is 0 Å². The molecule has 3 nitrogen and oxygen atoms in total. The van der Waals surface area contributed by atoms with Crippen LogP contribution in [-0.4, -0.2) is 18.2 Å². The predicted octanol–water partition coefficient (Wildman–Crippen LogP) is 2.63. The van der Waals surface area contributed by atoms with E-state index >= 15 is 0 Å². The number of rotatable bonds is 4. The first-order chi connectivity index (χ1) is 8.07. The fourth-order valence-corrected chi connectivity index (χ4v) is 2.23. The van der Waals surface area contributed by atoms with Gasteiger partial charge in [-0.05, 0) is 30.9 Å². The van der Waals surface area contributed by atoms with Gasteiger partial charge < -0.3 is 9.84 Å². The first kappa shape index (κ1) is 11.9. The minimum Gasteiger partial charge on any atom is -0.497 e. The van der Waals surface area contributed by atoms with E-state index in [9.17, 15) is 14.3 Å². The Morgan fingerprint density at radius 3 is 2.65 bits per heavy atom. The van der Waals surface area contributed by atoms with Crippen LogP contribution in [-0.2, 0) is 11.2 Å². The van der Waals surface area contributed by atoms with Gasteiger partial charge in [-0.15, -0.1) is 0 Å². The Hall–Kier alpha value is -1.58. The highest BCUT2D eigenvalue weighted by atomic mass is 19.1. The van der Waals surface area contributed by atoms with E-state index in [0.717, 1.165) is 6.42 Å². The molecule has 0 bridgehead atoms. The van der Waals surface area contributed by atoms with Crippen molar-refractivity contribution in [1.82, 2.24) is 0 Å². The monoisotopic (exact) mass is 238 g/mol. The standard InChI is InChI=1S/C13H15FO3/c1-17-10-4-3-9(11(14)7-10)8-13(12(15)16)5-2-6-13/h3-4,7H,2,5-6,8H2,1H3,(H,15,16). The molecule has 0 unspecified atom stereocenters. The maximum atomic E-state index is 13.7. The van der Waals surface area contributed by atoms with E-state index in [4.69, 9.17) is 4.74 Å². The highest BCUT2D eigenvalue weighted by Crippen LogP contribution is 2.44. The van der Waals surface area contributed by atoms with Crippen molar-refractivity contribution in [3.05, 3.63) is 29.6 Å². The summed E-state index contributed by atoms with van der Waals surface area (Å²) in [6.45, 7) is 0. The van der Waals surface area contributed by atoms with Gasteiger partial charge in [-0.25, -0.2) is 4.39 Å². The summed E-state index contributed by atoms with van der Waals surface area (Å²) in [6, 6.07) is 4.56. The molecule has 1 N–H and O–H groups in total. The summed E-state index contributed by atoms with van der Waals surface area (Å²) in [4.78, 5) is 11.2. The van der Waals surface area contributed by atoms with Gasteiger partial charge in [-0.2, -0.15) is 0 Å². The number of carbonyl (C=O) groups is 1. The lowest BCUT2D eigenvalue weighted by Gasteiger charge is -2.37.